The summed E-state index contributed by atoms with van der Waals surface area (Å²) in [6.45, 7) is 10.5. The number of ether oxygens (including phenoxy) is 2. The monoisotopic (exact) mass is 407 g/mol. The van der Waals surface area contributed by atoms with Gasteiger partial charge in [-0.1, -0.05) is 19.9 Å². The number of nitrogens with zero attached hydrogens (tertiary/aromatic N) is 3. The zero-order chi connectivity index (χ0) is 20.5. The molecule has 0 saturated carbocycles. The van der Waals surface area contributed by atoms with Crippen LogP contribution in [-0.4, -0.2) is 66.4 Å². The number of thiazole rings is 1. The lowest BCUT2D eigenvalue weighted by atomic mass is 10.2. The first-order valence-electron chi connectivity index (χ1n) is 9.74. The lowest BCUT2D eigenvalue weighted by Crippen LogP contribution is -2.35. The minimum atomic E-state index is -0.538. The Labute approximate surface area is 172 Å². The summed E-state index contributed by atoms with van der Waals surface area (Å²) in [5.41, 5.74) is 2.22. The Morgan fingerprint density at radius 1 is 1.18 bits per heavy atom. The molecular formula is C21H33N3O3S. The number of hydrogen-bond acceptors (Lipinski definition) is 7. The second kappa shape index (κ2) is 11.4. The first kappa shape index (κ1) is 22.6. The van der Waals surface area contributed by atoms with Crippen LogP contribution in [0.4, 0.5) is 0 Å². The predicted octanol–water partition coefficient (Wildman–Crippen LogP) is 3.17. The minimum absolute atomic E-state index is 0.240. The average molecular weight is 408 g/mol. The molecule has 0 unspecified atom stereocenters. The number of aliphatic hydroxyl groups is 1. The standard InChI is InChI=1S/C21H33N3O3S/c1-6-24(7-2)13-19(25)14-27-21-10-17(8-9-20(21)26-5)11-23(4)12-18-15-28-16(3)22-18/h8-10,15,19,25H,6-7,11-14H2,1-5H3/t19-/m1/s1. The third kappa shape index (κ3) is 7.05. The lowest BCUT2D eigenvalue weighted by molar-refractivity contribution is 0.0705. The van der Waals surface area contributed by atoms with Gasteiger partial charge < -0.3 is 19.5 Å². The highest BCUT2D eigenvalue weighted by Gasteiger charge is 2.13. The Morgan fingerprint density at radius 2 is 1.93 bits per heavy atom. The maximum absolute atomic E-state index is 10.3. The van der Waals surface area contributed by atoms with E-state index in [4.69, 9.17) is 9.47 Å². The highest BCUT2D eigenvalue weighted by atomic mass is 32.1. The van der Waals surface area contributed by atoms with Gasteiger partial charge in [0.2, 0.25) is 0 Å². The van der Waals surface area contributed by atoms with Gasteiger partial charge in [-0.25, -0.2) is 4.98 Å². The minimum Gasteiger partial charge on any atom is -0.493 e. The van der Waals surface area contributed by atoms with Gasteiger partial charge in [-0.05, 0) is 44.8 Å². The van der Waals surface area contributed by atoms with Crippen LogP contribution in [0.15, 0.2) is 23.6 Å². The smallest absolute Gasteiger partial charge is 0.161 e. The SMILES string of the molecule is CCN(CC)C[C@@H](O)COc1cc(CN(C)Cc2csc(C)n2)ccc1OC. The van der Waals surface area contributed by atoms with E-state index in [-0.39, 0.29) is 6.61 Å². The third-order valence-corrected chi connectivity index (χ3v) is 5.40. The van der Waals surface area contributed by atoms with E-state index in [1.807, 2.05) is 25.1 Å². The molecular weight excluding hydrogens is 374 g/mol. The van der Waals surface area contributed by atoms with Gasteiger partial charge in [0.15, 0.2) is 11.5 Å². The summed E-state index contributed by atoms with van der Waals surface area (Å²) in [5.74, 6) is 1.34. The van der Waals surface area contributed by atoms with Gasteiger partial charge in [-0.2, -0.15) is 0 Å². The Morgan fingerprint density at radius 3 is 2.54 bits per heavy atom. The molecule has 2 aromatic rings. The fraction of sp³-hybridized carbons (Fsp3) is 0.571. The molecule has 1 atom stereocenters. The van der Waals surface area contributed by atoms with Crippen molar-refractivity contribution in [3.05, 3.63) is 39.8 Å². The van der Waals surface area contributed by atoms with Crippen LogP contribution in [0.5, 0.6) is 11.5 Å². The van der Waals surface area contributed by atoms with Crippen molar-refractivity contribution >= 4 is 11.3 Å². The molecule has 156 valence electrons. The van der Waals surface area contributed by atoms with Crippen LogP contribution in [0.25, 0.3) is 0 Å². The third-order valence-electron chi connectivity index (χ3n) is 4.57. The highest BCUT2D eigenvalue weighted by Crippen LogP contribution is 2.29. The van der Waals surface area contributed by atoms with Crippen molar-refractivity contribution in [2.75, 3.05) is 40.4 Å². The van der Waals surface area contributed by atoms with Crippen molar-refractivity contribution in [1.29, 1.82) is 0 Å². The molecule has 0 radical (unpaired) electrons. The molecule has 0 spiro atoms. The van der Waals surface area contributed by atoms with E-state index in [2.05, 4.69) is 41.1 Å². The summed E-state index contributed by atoms with van der Waals surface area (Å²) in [7, 11) is 3.71. The number of likely N-dealkylation sites (N-methyl/N-ethyl adjacent to an activating group) is 1. The van der Waals surface area contributed by atoms with Crippen molar-refractivity contribution in [2.45, 2.75) is 40.0 Å². The van der Waals surface area contributed by atoms with Crippen molar-refractivity contribution < 1.29 is 14.6 Å². The summed E-state index contributed by atoms with van der Waals surface area (Å²) in [6, 6.07) is 5.95. The van der Waals surface area contributed by atoms with Crippen molar-refractivity contribution in [3.63, 3.8) is 0 Å². The Bertz CT molecular complexity index is 719. The lowest BCUT2D eigenvalue weighted by Gasteiger charge is -2.22. The molecule has 0 fully saturated rings. The quantitative estimate of drug-likeness (QED) is 0.583. The van der Waals surface area contributed by atoms with Gasteiger partial charge in [0.1, 0.15) is 12.7 Å². The van der Waals surface area contributed by atoms with Crippen LogP contribution in [0.1, 0.15) is 30.1 Å². The molecule has 7 heteroatoms. The topological polar surface area (TPSA) is 58.1 Å². The molecule has 1 N–H and O–H groups in total. The number of hydrogen-bond donors (Lipinski definition) is 1. The van der Waals surface area contributed by atoms with Crippen molar-refractivity contribution in [1.82, 2.24) is 14.8 Å². The Hall–Kier alpha value is -1.67. The molecule has 1 aromatic heterocycles. The first-order chi connectivity index (χ1) is 13.4. The molecule has 0 bridgehead atoms. The molecule has 0 saturated heterocycles. The molecule has 0 amide bonds. The largest absolute Gasteiger partial charge is 0.493 e. The van der Waals surface area contributed by atoms with Gasteiger partial charge >= 0.3 is 0 Å². The molecule has 0 aliphatic rings. The second-order valence-electron chi connectivity index (χ2n) is 6.97. The maximum Gasteiger partial charge on any atom is 0.161 e. The van der Waals surface area contributed by atoms with E-state index in [0.717, 1.165) is 42.4 Å². The van der Waals surface area contributed by atoms with Crippen LogP contribution < -0.4 is 9.47 Å². The van der Waals surface area contributed by atoms with E-state index in [9.17, 15) is 5.11 Å². The number of benzene rings is 1. The fourth-order valence-corrected chi connectivity index (χ4v) is 3.68. The average Bonchev–Trinajstić information content (AvgIpc) is 3.08. The molecule has 0 aliphatic heterocycles. The summed E-state index contributed by atoms with van der Waals surface area (Å²) in [6.07, 6.45) is -0.538. The first-order valence-corrected chi connectivity index (χ1v) is 10.6. The van der Waals surface area contributed by atoms with Crippen LogP contribution in [0.3, 0.4) is 0 Å². The number of rotatable bonds is 12. The Balaban J connectivity index is 1.96. The molecule has 6 nitrogen and oxygen atoms in total. The fourth-order valence-electron chi connectivity index (χ4n) is 3.08. The van der Waals surface area contributed by atoms with Crippen molar-refractivity contribution in [3.8, 4) is 11.5 Å². The van der Waals surface area contributed by atoms with Crippen molar-refractivity contribution in [2.24, 2.45) is 0 Å². The van der Waals surface area contributed by atoms with Gasteiger partial charge in [0.05, 0.1) is 17.8 Å². The normalized spacial score (nSPS) is 12.6. The second-order valence-corrected chi connectivity index (χ2v) is 8.03. The summed E-state index contributed by atoms with van der Waals surface area (Å²) in [5, 5.41) is 13.5. The van der Waals surface area contributed by atoms with Gasteiger partial charge in [-0.3, -0.25) is 4.90 Å². The summed E-state index contributed by atoms with van der Waals surface area (Å²) >= 11 is 1.68. The van der Waals surface area contributed by atoms with E-state index in [0.29, 0.717) is 18.0 Å². The molecule has 1 aromatic carbocycles. The van der Waals surface area contributed by atoms with Crippen LogP contribution >= 0.6 is 11.3 Å². The zero-order valence-electron chi connectivity index (χ0n) is 17.6. The highest BCUT2D eigenvalue weighted by molar-refractivity contribution is 7.09. The van der Waals surface area contributed by atoms with Gasteiger partial charge in [0.25, 0.3) is 0 Å². The summed E-state index contributed by atoms with van der Waals surface area (Å²) in [4.78, 5) is 8.92. The molecule has 28 heavy (non-hydrogen) atoms. The van der Waals surface area contributed by atoms with E-state index < -0.39 is 6.10 Å². The van der Waals surface area contributed by atoms with Gasteiger partial charge in [-0.15, -0.1) is 11.3 Å². The van der Waals surface area contributed by atoms with Gasteiger partial charge in [0, 0.05) is 25.0 Å². The number of methoxy groups -OCH3 is 1. The van der Waals surface area contributed by atoms with Crippen LogP contribution in [0.2, 0.25) is 0 Å². The number of aromatic nitrogens is 1. The zero-order valence-corrected chi connectivity index (χ0v) is 18.5. The molecule has 2 rings (SSSR count). The molecule has 1 heterocycles. The van der Waals surface area contributed by atoms with E-state index in [1.54, 1.807) is 18.4 Å². The van der Waals surface area contributed by atoms with Crippen LogP contribution in [-0.2, 0) is 13.1 Å². The summed E-state index contributed by atoms with van der Waals surface area (Å²) < 4.78 is 11.3. The van der Waals surface area contributed by atoms with E-state index >= 15 is 0 Å². The number of aryl methyl sites for hydroxylation is 1. The Kier molecular flexibility index (Phi) is 9.18. The predicted molar refractivity (Wildman–Crippen MR) is 114 cm³/mol. The number of aliphatic hydroxyl groups excluding tert-OH is 1. The van der Waals surface area contributed by atoms with Crippen LogP contribution in [0, 0.1) is 6.92 Å². The van der Waals surface area contributed by atoms with E-state index in [1.165, 1.54) is 0 Å². The maximum atomic E-state index is 10.3. The molecule has 0 aliphatic carbocycles.